The van der Waals surface area contributed by atoms with Gasteiger partial charge < -0.3 is 14.2 Å². The topological polar surface area (TPSA) is 73.1 Å². The minimum absolute atomic E-state index is 0.108. The summed E-state index contributed by atoms with van der Waals surface area (Å²) in [5.41, 5.74) is 3.85. The van der Waals surface area contributed by atoms with E-state index in [1.807, 2.05) is 41.3 Å². The van der Waals surface area contributed by atoms with Crippen LogP contribution < -0.4 is 0 Å². The van der Waals surface area contributed by atoms with E-state index in [0.29, 0.717) is 38.6 Å². The predicted octanol–water partition coefficient (Wildman–Crippen LogP) is 4.13. The SMILES string of the molecule is CCn1c(SCC(=O)N2CCOCC2)nnc1-c1cc(-c2ccccc2)nc2ccccc12. The first-order valence-corrected chi connectivity index (χ1v) is 12.1. The monoisotopic (exact) mass is 459 g/mol. The molecule has 1 aliphatic heterocycles. The van der Waals surface area contributed by atoms with E-state index in [-0.39, 0.29) is 5.91 Å². The highest BCUT2D eigenvalue weighted by Gasteiger charge is 2.21. The third-order valence-electron chi connectivity index (χ3n) is 5.75. The van der Waals surface area contributed by atoms with Crippen LogP contribution in [0.3, 0.4) is 0 Å². The van der Waals surface area contributed by atoms with Crippen LogP contribution in [0.15, 0.2) is 65.8 Å². The van der Waals surface area contributed by atoms with Gasteiger partial charge in [0, 0.05) is 36.1 Å². The quantitative estimate of drug-likeness (QED) is 0.404. The van der Waals surface area contributed by atoms with E-state index in [1.54, 1.807) is 0 Å². The highest BCUT2D eigenvalue weighted by Crippen LogP contribution is 2.33. The van der Waals surface area contributed by atoms with Crippen LogP contribution in [0.4, 0.5) is 0 Å². The standard InChI is InChI=1S/C25H25N5O2S/c1-2-30-24(27-28-25(30)33-17-23(31)29-12-14-32-15-13-29)20-16-22(18-8-4-3-5-9-18)26-21-11-7-6-10-19(20)21/h3-11,16H,2,12-15,17H2,1H3. The molecule has 1 aliphatic rings. The number of rotatable bonds is 6. The molecule has 2 aromatic heterocycles. The van der Waals surface area contributed by atoms with Crippen LogP contribution in [0.25, 0.3) is 33.5 Å². The molecule has 0 unspecified atom stereocenters. The average molecular weight is 460 g/mol. The Balaban J connectivity index is 1.49. The smallest absolute Gasteiger partial charge is 0.233 e. The largest absolute Gasteiger partial charge is 0.378 e. The number of para-hydroxylation sites is 1. The van der Waals surface area contributed by atoms with E-state index in [9.17, 15) is 4.79 Å². The molecule has 0 spiro atoms. The molecule has 5 rings (SSSR count). The van der Waals surface area contributed by atoms with Crippen molar-refractivity contribution in [3.63, 3.8) is 0 Å². The van der Waals surface area contributed by atoms with Crippen molar-refractivity contribution >= 4 is 28.6 Å². The third-order valence-corrected chi connectivity index (χ3v) is 6.70. The predicted molar refractivity (Wildman–Crippen MR) is 130 cm³/mol. The van der Waals surface area contributed by atoms with Gasteiger partial charge in [-0.3, -0.25) is 4.79 Å². The Morgan fingerprint density at radius 3 is 2.58 bits per heavy atom. The molecule has 8 heteroatoms. The summed E-state index contributed by atoms with van der Waals surface area (Å²) in [4.78, 5) is 19.3. The third kappa shape index (κ3) is 4.49. The van der Waals surface area contributed by atoms with Crippen molar-refractivity contribution in [1.29, 1.82) is 0 Å². The number of carbonyl (C=O) groups is 1. The van der Waals surface area contributed by atoms with Crippen molar-refractivity contribution in [3.05, 3.63) is 60.7 Å². The highest BCUT2D eigenvalue weighted by molar-refractivity contribution is 7.99. The molecule has 0 atom stereocenters. The van der Waals surface area contributed by atoms with Crippen molar-refractivity contribution in [2.24, 2.45) is 0 Å². The van der Waals surface area contributed by atoms with E-state index >= 15 is 0 Å². The van der Waals surface area contributed by atoms with Crippen LogP contribution in [0.2, 0.25) is 0 Å². The number of carbonyl (C=O) groups excluding carboxylic acids is 1. The number of hydrogen-bond acceptors (Lipinski definition) is 6. The maximum absolute atomic E-state index is 12.6. The number of morpholine rings is 1. The summed E-state index contributed by atoms with van der Waals surface area (Å²) in [6.07, 6.45) is 0. The second-order valence-electron chi connectivity index (χ2n) is 7.77. The molecule has 0 saturated carbocycles. The lowest BCUT2D eigenvalue weighted by Gasteiger charge is -2.26. The summed E-state index contributed by atoms with van der Waals surface area (Å²) < 4.78 is 7.42. The number of ether oxygens (including phenoxy) is 1. The summed E-state index contributed by atoms with van der Waals surface area (Å²) in [6.45, 7) is 5.28. The molecule has 1 amide bonds. The Bertz CT molecular complexity index is 1270. The van der Waals surface area contributed by atoms with E-state index in [4.69, 9.17) is 9.72 Å². The van der Waals surface area contributed by atoms with Gasteiger partial charge >= 0.3 is 0 Å². The number of hydrogen-bond donors (Lipinski definition) is 0. The first kappa shape index (κ1) is 21.6. The molecule has 4 aromatic rings. The highest BCUT2D eigenvalue weighted by atomic mass is 32.2. The lowest BCUT2D eigenvalue weighted by molar-refractivity contribution is -0.132. The molecule has 3 heterocycles. The van der Waals surface area contributed by atoms with E-state index < -0.39 is 0 Å². The van der Waals surface area contributed by atoms with Crippen molar-refractivity contribution in [1.82, 2.24) is 24.6 Å². The number of amides is 1. The Labute approximate surface area is 196 Å². The van der Waals surface area contributed by atoms with E-state index in [1.165, 1.54) is 11.8 Å². The van der Waals surface area contributed by atoms with Crippen molar-refractivity contribution in [3.8, 4) is 22.6 Å². The molecule has 7 nitrogen and oxygen atoms in total. The first-order chi connectivity index (χ1) is 16.2. The molecule has 0 radical (unpaired) electrons. The second kappa shape index (κ2) is 9.72. The van der Waals surface area contributed by atoms with Gasteiger partial charge in [-0.15, -0.1) is 10.2 Å². The van der Waals surface area contributed by atoms with Gasteiger partial charge in [-0.25, -0.2) is 4.98 Å². The minimum Gasteiger partial charge on any atom is -0.378 e. The van der Waals surface area contributed by atoms with Gasteiger partial charge in [0.1, 0.15) is 0 Å². The van der Waals surface area contributed by atoms with Crippen LogP contribution in [0.1, 0.15) is 6.92 Å². The molecule has 168 valence electrons. The second-order valence-corrected chi connectivity index (χ2v) is 8.71. The van der Waals surface area contributed by atoms with Crippen LogP contribution in [0.5, 0.6) is 0 Å². The summed E-state index contributed by atoms with van der Waals surface area (Å²) >= 11 is 1.44. The number of fused-ring (bicyclic) bond motifs is 1. The zero-order valence-electron chi connectivity index (χ0n) is 18.5. The number of thioether (sulfide) groups is 1. The first-order valence-electron chi connectivity index (χ1n) is 11.1. The Morgan fingerprint density at radius 2 is 1.79 bits per heavy atom. The Kier molecular flexibility index (Phi) is 6.37. The lowest BCUT2D eigenvalue weighted by Crippen LogP contribution is -2.41. The fraction of sp³-hybridized carbons (Fsp3) is 0.280. The van der Waals surface area contributed by atoms with Gasteiger partial charge in [0.15, 0.2) is 11.0 Å². The molecule has 1 fully saturated rings. The van der Waals surface area contributed by atoms with Gasteiger partial charge in [0.05, 0.1) is 30.2 Å². The molecule has 1 saturated heterocycles. The number of pyridine rings is 1. The maximum atomic E-state index is 12.6. The Morgan fingerprint density at radius 1 is 1.03 bits per heavy atom. The summed E-state index contributed by atoms with van der Waals surface area (Å²) in [5, 5.41) is 10.8. The van der Waals surface area contributed by atoms with E-state index in [0.717, 1.165) is 38.7 Å². The van der Waals surface area contributed by atoms with Crippen molar-refractivity contribution in [2.75, 3.05) is 32.1 Å². The molecular formula is C25H25N5O2S. The fourth-order valence-corrected chi connectivity index (χ4v) is 4.93. The molecule has 0 bridgehead atoms. The van der Waals surface area contributed by atoms with Gasteiger partial charge in [-0.2, -0.15) is 0 Å². The average Bonchev–Trinajstić information content (AvgIpc) is 3.30. The summed E-state index contributed by atoms with van der Waals surface area (Å²) in [5.74, 6) is 1.23. The van der Waals surface area contributed by atoms with Gasteiger partial charge in [0.25, 0.3) is 0 Å². The van der Waals surface area contributed by atoms with Gasteiger partial charge in [-0.05, 0) is 19.1 Å². The number of benzene rings is 2. The Hall–Kier alpha value is -3.23. The zero-order valence-corrected chi connectivity index (χ0v) is 19.3. The van der Waals surface area contributed by atoms with Crippen molar-refractivity contribution < 1.29 is 9.53 Å². The summed E-state index contributed by atoms with van der Waals surface area (Å²) in [7, 11) is 0. The van der Waals surface area contributed by atoms with Gasteiger partial charge in [0.2, 0.25) is 5.91 Å². The van der Waals surface area contributed by atoms with Gasteiger partial charge in [-0.1, -0.05) is 60.3 Å². The molecule has 33 heavy (non-hydrogen) atoms. The van der Waals surface area contributed by atoms with Crippen LogP contribution >= 0.6 is 11.8 Å². The number of nitrogens with zero attached hydrogens (tertiary/aromatic N) is 5. The molecule has 2 aromatic carbocycles. The zero-order chi connectivity index (χ0) is 22.6. The van der Waals surface area contributed by atoms with E-state index in [2.05, 4.69) is 46.0 Å². The molecular weight excluding hydrogens is 434 g/mol. The molecule has 0 N–H and O–H groups in total. The fourth-order valence-electron chi connectivity index (χ4n) is 4.03. The maximum Gasteiger partial charge on any atom is 0.233 e. The normalized spacial score (nSPS) is 14.0. The lowest BCUT2D eigenvalue weighted by atomic mass is 10.0. The minimum atomic E-state index is 0.108. The van der Waals surface area contributed by atoms with Crippen LogP contribution in [-0.2, 0) is 16.1 Å². The summed E-state index contributed by atoms with van der Waals surface area (Å²) in [6, 6.07) is 20.3. The van der Waals surface area contributed by atoms with Crippen LogP contribution in [0, 0.1) is 0 Å². The van der Waals surface area contributed by atoms with Crippen LogP contribution in [-0.4, -0.2) is 62.6 Å². The van der Waals surface area contributed by atoms with Crippen molar-refractivity contribution in [2.45, 2.75) is 18.6 Å². The number of aromatic nitrogens is 4. The molecule has 0 aliphatic carbocycles.